The van der Waals surface area contributed by atoms with Crippen LogP contribution in [0.3, 0.4) is 0 Å². The second-order valence-electron chi connectivity index (χ2n) is 7.51. The molecule has 0 fully saturated rings. The van der Waals surface area contributed by atoms with E-state index in [1.54, 1.807) is 24.3 Å². The molecule has 3 aromatic carbocycles. The Morgan fingerprint density at radius 1 is 0.909 bits per heavy atom. The van der Waals surface area contributed by atoms with Gasteiger partial charge in [0.2, 0.25) is 5.91 Å². The number of halogens is 1. The normalized spacial score (nSPS) is 10.9. The van der Waals surface area contributed by atoms with Gasteiger partial charge in [0, 0.05) is 21.7 Å². The lowest BCUT2D eigenvalue weighted by molar-refractivity contribution is -0.116. The zero-order valence-corrected chi connectivity index (χ0v) is 18.9. The fourth-order valence-electron chi connectivity index (χ4n) is 3.65. The molecule has 0 unspecified atom stereocenters. The van der Waals surface area contributed by atoms with Crippen LogP contribution in [0.5, 0.6) is 0 Å². The Bertz CT molecular complexity index is 1490. The Labute approximate surface area is 198 Å². The lowest BCUT2D eigenvalue weighted by Crippen LogP contribution is -2.27. The van der Waals surface area contributed by atoms with Crippen molar-refractivity contribution >= 4 is 44.7 Å². The number of aromatic nitrogens is 2. The number of nitrogens with one attached hydrogen (secondary N) is 1. The SMILES string of the molecule is O=C(Cn1cnc2scc(-c3ccc(-c4ccccc4)cc3)c2c1=O)Nc1ccc(Cl)cc1. The fraction of sp³-hybridized carbons (Fsp3) is 0.0385. The predicted octanol–water partition coefficient (Wildman–Crippen LogP) is 6.08. The number of rotatable bonds is 5. The van der Waals surface area contributed by atoms with Gasteiger partial charge in [0.05, 0.1) is 11.7 Å². The molecule has 33 heavy (non-hydrogen) atoms. The van der Waals surface area contributed by atoms with E-state index in [0.29, 0.717) is 20.9 Å². The van der Waals surface area contributed by atoms with Gasteiger partial charge in [-0.2, -0.15) is 0 Å². The summed E-state index contributed by atoms with van der Waals surface area (Å²) in [5.74, 6) is -0.315. The molecule has 0 radical (unpaired) electrons. The molecule has 2 aromatic heterocycles. The lowest BCUT2D eigenvalue weighted by atomic mass is 10.0. The summed E-state index contributed by atoms with van der Waals surface area (Å²) in [6, 6.07) is 25.0. The number of hydrogen-bond donors (Lipinski definition) is 1. The summed E-state index contributed by atoms with van der Waals surface area (Å²) in [4.78, 5) is 30.8. The van der Waals surface area contributed by atoms with Gasteiger partial charge in [-0.25, -0.2) is 4.98 Å². The molecule has 0 saturated carbocycles. The Balaban J connectivity index is 1.43. The zero-order valence-electron chi connectivity index (χ0n) is 17.4. The third-order valence-corrected chi connectivity index (χ3v) is 6.44. The molecule has 0 spiro atoms. The van der Waals surface area contributed by atoms with Gasteiger partial charge in [0.1, 0.15) is 11.4 Å². The van der Waals surface area contributed by atoms with E-state index in [1.807, 2.05) is 47.8 Å². The predicted molar refractivity (Wildman–Crippen MR) is 135 cm³/mol. The maximum Gasteiger partial charge on any atom is 0.263 e. The molecule has 0 bridgehead atoms. The highest BCUT2D eigenvalue weighted by molar-refractivity contribution is 7.17. The zero-order chi connectivity index (χ0) is 22.8. The number of benzene rings is 3. The molecule has 5 rings (SSSR count). The number of amides is 1. The van der Waals surface area contributed by atoms with E-state index in [0.717, 1.165) is 22.3 Å². The molecule has 5 aromatic rings. The summed E-state index contributed by atoms with van der Waals surface area (Å²) < 4.78 is 1.34. The maximum absolute atomic E-state index is 13.2. The van der Waals surface area contributed by atoms with Crippen LogP contribution >= 0.6 is 22.9 Å². The molecule has 7 heteroatoms. The van der Waals surface area contributed by atoms with E-state index in [9.17, 15) is 9.59 Å². The Morgan fingerprint density at radius 3 is 2.30 bits per heavy atom. The van der Waals surface area contributed by atoms with Gasteiger partial charge in [-0.3, -0.25) is 14.2 Å². The minimum atomic E-state index is -0.315. The van der Waals surface area contributed by atoms with E-state index >= 15 is 0 Å². The van der Waals surface area contributed by atoms with Crippen molar-refractivity contribution in [1.82, 2.24) is 9.55 Å². The molecule has 5 nitrogen and oxygen atoms in total. The smallest absolute Gasteiger partial charge is 0.263 e. The van der Waals surface area contributed by atoms with E-state index in [4.69, 9.17) is 11.6 Å². The molecule has 1 N–H and O–H groups in total. The summed E-state index contributed by atoms with van der Waals surface area (Å²) in [5.41, 5.74) is 4.36. The third kappa shape index (κ3) is 4.44. The summed E-state index contributed by atoms with van der Waals surface area (Å²) in [6.45, 7) is -0.132. The summed E-state index contributed by atoms with van der Waals surface area (Å²) >= 11 is 7.30. The van der Waals surface area contributed by atoms with Crippen LogP contribution in [0.4, 0.5) is 5.69 Å². The number of fused-ring (bicyclic) bond motifs is 1. The average molecular weight is 472 g/mol. The summed E-state index contributed by atoms with van der Waals surface area (Å²) in [6.07, 6.45) is 1.42. The van der Waals surface area contributed by atoms with Crippen LogP contribution in [0.15, 0.2) is 95.4 Å². The first-order chi connectivity index (χ1) is 16.1. The molecule has 1 amide bonds. The standard InChI is InChI=1S/C26H18ClN3O2S/c27-20-10-12-21(13-11-20)29-23(31)14-30-16-28-25-24(26(30)32)22(15-33-25)19-8-6-18(7-9-19)17-4-2-1-3-5-17/h1-13,15-16H,14H2,(H,29,31). The highest BCUT2D eigenvalue weighted by Crippen LogP contribution is 2.32. The van der Waals surface area contributed by atoms with Crippen molar-refractivity contribution in [3.05, 3.63) is 106 Å². The first kappa shape index (κ1) is 21.1. The van der Waals surface area contributed by atoms with Gasteiger partial charge in [0.15, 0.2) is 0 Å². The topological polar surface area (TPSA) is 64.0 Å². The van der Waals surface area contributed by atoms with Crippen molar-refractivity contribution in [3.63, 3.8) is 0 Å². The number of carbonyl (C=O) groups excluding carboxylic acids is 1. The average Bonchev–Trinajstić information content (AvgIpc) is 3.28. The van der Waals surface area contributed by atoms with E-state index in [2.05, 4.69) is 22.4 Å². The molecule has 0 atom stereocenters. The highest BCUT2D eigenvalue weighted by Gasteiger charge is 2.15. The van der Waals surface area contributed by atoms with E-state index in [1.165, 1.54) is 22.2 Å². The molecular formula is C26H18ClN3O2S. The fourth-order valence-corrected chi connectivity index (χ4v) is 4.69. The van der Waals surface area contributed by atoms with Crippen LogP contribution in [0, 0.1) is 0 Å². The first-order valence-corrected chi connectivity index (χ1v) is 11.5. The quantitative estimate of drug-likeness (QED) is 0.337. The van der Waals surface area contributed by atoms with Crippen LogP contribution < -0.4 is 10.9 Å². The van der Waals surface area contributed by atoms with Crippen molar-refractivity contribution < 1.29 is 4.79 Å². The number of thiophene rings is 1. The minimum absolute atomic E-state index is 0.132. The van der Waals surface area contributed by atoms with Crippen LogP contribution in [-0.2, 0) is 11.3 Å². The summed E-state index contributed by atoms with van der Waals surface area (Å²) in [7, 11) is 0. The first-order valence-electron chi connectivity index (χ1n) is 10.3. The molecule has 162 valence electrons. The van der Waals surface area contributed by atoms with Crippen LogP contribution in [0.1, 0.15) is 0 Å². The third-order valence-electron chi connectivity index (χ3n) is 5.31. The highest BCUT2D eigenvalue weighted by atomic mass is 35.5. The van der Waals surface area contributed by atoms with Crippen LogP contribution in [-0.4, -0.2) is 15.5 Å². The van der Waals surface area contributed by atoms with Crippen molar-refractivity contribution in [1.29, 1.82) is 0 Å². The monoisotopic (exact) mass is 471 g/mol. The van der Waals surface area contributed by atoms with Gasteiger partial charge < -0.3 is 5.32 Å². The Kier molecular flexibility index (Phi) is 5.77. The number of carbonyl (C=O) groups is 1. The van der Waals surface area contributed by atoms with Gasteiger partial charge >= 0.3 is 0 Å². The van der Waals surface area contributed by atoms with Gasteiger partial charge in [-0.1, -0.05) is 66.2 Å². The van der Waals surface area contributed by atoms with Crippen molar-refractivity contribution in [2.45, 2.75) is 6.54 Å². The Hall–Kier alpha value is -3.74. The molecule has 0 aliphatic heterocycles. The molecule has 0 aliphatic carbocycles. The molecule has 0 saturated heterocycles. The van der Waals surface area contributed by atoms with E-state index < -0.39 is 0 Å². The second kappa shape index (κ2) is 9.02. The van der Waals surface area contributed by atoms with Gasteiger partial charge in [-0.05, 0) is 41.0 Å². The van der Waals surface area contributed by atoms with E-state index in [-0.39, 0.29) is 18.0 Å². The lowest BCUT2D eigenvalue weighted by Gasteiger charge is -2.08. The van der Waals surface area contributed by atoms with Gasteiger partial charge in [-0.15, -0.1) is 11.3 Å². The molecular weight excluding hydrogens is 454 g/mol. The van der Waals surface area contributed by atoms with Crippen molar-refractivity contribution in [2.75, 3.05) is 5.32 Å². The number of anilines is 1. The Morgan fingerprint density at radius 2 is 1.58 bits per heavy atom. The number of hydrogen-bond acceptors (Lipinski definition) is 4. The minimum Gasteiger partial charge on any atom is -0.325 e. The summed E-state index contributed by atoms with van der Waals surface area (Å²) in [5, 5.41) is 5.82. The molecule has 2 heterocycles. The van der Waals surface area contributed by atoms with Gasteiger partial charge in [0.25, 0.3) is 5.56 Å². The molecule has 0 aliphatic rings. The van der Waals surface area contributed by atoms with Crippen LogP contribution in [0.25, 0.3) is 32.5 Å². The largest absolute Gasteiger partial charge is 0.325 e. The van der Waals surface area contributed by atoms with Crippen molar-refractivity contribution in [3.8, 4) is 22.3 Å². The van der Waals surface area contributed by atoms with Crippen LogP contribution in [0.2, 0.25) is 5.02 Å². The van der Waals surface area contributed by atoms with Crippen molar-refractivity contribution in [2.24, 2.45) is 0 Å². The maximum atomic E-state index is 13.2. The number of nitrogens with zero attached hydrogens (tertiary/aromatic N) is 2. The second-order valence-corrected chi connectivity index (χ2v) is 8.80.